The van der Waals surface area contributed by atoms with Crippen LogP contribution in [0.4, 0.5) is 0 Å². The summed E-state index contributed by atoms with van der Waals surface area (Å²) in [6.07, 6.45) is 7.64. The molecule has 1 atom stereocenters. The molecule has 1 heterocycles. The minimum Gasteiger partial charge on any atom is -0.339 e. The summed E-state index contributed by atoms with van der Waals surface area (Å²) in [5, 5.41) is 4.09. The van der Waals surface area contributed by atoms with E-state index in [-0.39, 0.29) is 5.54 Å². The molecule has 2 rings (SSSR count). The number of hydrogen-bond donors (Lipinski definition) is 1. The molecule has 1 unspecified atom stereocenters. The third-order valence-electron chi connectivity index (χ3n) is 3.47. The average Bonchev–Trinajstić information content (AvgIpc) is 2.80. The van der Waals surface area contributed by atoms with Crippen LogP contribution in [0.3, 0.4) is 0 Å². The zero-order chi connectivity index (χ0) is 12.3. The Labute approximate surface area is 107 Å². The van der Waals surface area contributed by atoms with Crippen molar-refractivity contribution < 1.29 is 4.52 Å². The number of nitrogens with zero attached hydrogens (tertiary/aromatic N) is 2. The van der Waals surface area contributed by atoms with E-state index in [1.54, 1.807) is 11.8 Å². The van der Waals surface area contributed by atoms with Crippen LogP contribution in [0.15, 0.2) is 4.52 Å². The molecule has 1 aliphatic carbocycles. The second kappa shape index (κ2) is 5.40. The molecular weight excluding hydrogens is 234 g/mol. The van der Waals surface area contributed by atoms with Crippen molar-refractivity contribution >= 4 is 11.8 Å². The topological polar surface area (TPSA) is 64.9 Å². The Bertz CT molecular complexity index is 360. The predicted octanol–water partition coefficient (Wildman–Crippen LogP) is 2.65. The van der Waals surface area contributed by atoms with Gasteiger partial charge in [0.05, 0.1) is 5.54 Å². The van der Waals surface area contributed by atoms with Crippen LogP contribution in [-0.2, 0) is 5.54 Å². The third kappa shape index (κ3) is 2.83. The van der Waals surface area contributed by atoms with Gasteiger partial charge in [-0.1, -0.05) is 31.3 Å². The van der Waals surface area contributed by atoms with Crippen LogP contribution in [0.1, 0.15) is 56.7 Å². The summed E-state index contributed by atoms with van der Waals surface area (Å²) < 4.78 is 5.34. The van der Waals surface area contributed by atoms with Crippen LogP contribution in [0.25, 0.3) is 0 Å². The molecule has 1 aliphatic rings. The zero-order valence-electron chi connectivity index (χ0n) is 10.6. The highest BCUT2D eigenvalue weighted by atomic mass is 32.2. The van der Waals surface area contributed by atoms with Gasteiger partial charge in [0.15, 0.2) is 5.82 Å². The fourth-order valence-corrected chi connectivity index (χ4v) is 3.01. The smallest absolute Gasteiger partial charge is 0.230 e. The van der Waals surface area contributed by atoms with Gasteiger partial charge in [-0.3, -0.25) is 0 Å². The van der Waals surface area contributed by atoms with Gasteiger partial charge in [-0.25, -0.2) is 0 Å². The molecule has 0 radical (unpaired) electrons. The first-order valence-electron chi connectivity index (χ1n) is 6.27. The summed E-state index contributed by atoms with van der Waals surface area (Å²) in [7, 11) is 0. The molecule has 0 aliphatic heterocycles. The molecule has 1 fully saturated rings. The molecule has 1 aromatic rings. The van der Waals surface area contributed by atoms with Gasteiger partial charge in [0.25, 0.3) is 0 Å². The quantitative estimate of drug-likeness (QED) is 0.896. The Hall–Kier alpha value is -0.550. The normalized spacial score (nSPS) is 21.4. The van der Waals surface area contributed by atoms with Crippen molar-refractivity contribution in [2.45, 2.75) is 50.5 Å². The van der Waals surface area contributed by atoms with Gasteiger partial charge < -0.3 is 10.3 Å². The maximum atomic E-state index is 6.38. The molecule has 0 saturated heterocycles. The largest absolute Gasteiger partial charge is 0.339 e. The lowest BCUT2D eigenvalue weighted by atomic mass is 9.82. The van der Waals surface area contributed by atoms with Gasteiger partial charge in [-0.05, 0) is 19.1 Å². The molecule has 17 heavy (non-hydrogen) atoms. The van der Waals surface area contributed by atoms with Gasteiger partial charge in [-0.15, -0.1) is 0 Å². The number of hydrogen-bond acceptors (Lipinski definition) is 5. The van der Waals surface area contributed by atoms with Gasteiger partial charge in [0.1, 0.15) is 0 Å². The van der Waals surface area contributed by atoms with Crippen LogP contribution in [-0.4, -0.2) is 22.1 Å². The average molecular weight is 255 g/mol. The summed E-state index contributed by atoms with van der Waals surface area (Å²) in [5.74, 6) is 2.74. The van der Waals surface area contributed by atoms with Crippen molar-refractivity contribution in [3.8, 4) is 0 Å². The van der Waals surface area contributed by atoms with Gasteiger partial charge in [0.2, 0.25) is 5.89 Å². The van der Waals surface area contributed by atoms with Crippen molar-refractivity contribution in [1.82, 2.24) is 10.1 Å². The molecule has 2 N–H and O–H groups in total. The van der Waals surface area contributed by atoms with E-state index in [4.69, 9.17) is 10.3 Å². The molecule has 0 aromatic carbocycles. The molecule has 4 nitrogen and oxygen atoms in total. The molecule has 5 heteroatoms. The van der Waals surface area contributed by atoms with E-state index in [2.05, 4.69) is 23.3 Å². The number of aromatic nitrogens is 2. The van der Waals surface area contributed by atoms with Gasteiger partial charge >= 0.3 is 0 Å². The first-order valence-corrected chi connectivity index (χ1v) is 7.67. The molecule has 0 amide bonds. The SMILES string of the molecule is CSCC(C)c1nc(C2(N)CCCCC2)no1. The highest BCUT2D eigenvalue weighted by molar-refractivity contribution is 7.98. The van der Waals surface area contributed by atoms with Crippen molar-refractivity contribution in [2.75, 3.05) is 12.0 Å². The highest BCUT2D eigenvalue weighted by Crippen LogP contribution is 2.33. The summed E-state index contributed by atoms with van der Waals surface area (Å²) >= 11 is 1.79. The number of thioether (sulfide) groups is 1. The fourth-order valence-electron chi connectivity index (χ4n) is 2.37. The molecule has 0 bridgehead atoms. The van der Waals surface area contributed by atoms with E-state index in [9.17, 15) is 0 Å². The van der Waals surface area contributed by atoms with E-state index in [0.717, 1.165) is 24.5 Å². The van der Waals surface area contributed by atoms with Gasteiger partial charge in [0, 0.05) is 11.7 Å². The van der Waals surface area contributed by atoms with Crippen LogP contribution < -0.4 is 5.73 Å². The maximum Gasteiger partial charge on any atom is 0.230 e. The van der Waals surface area contributed by atoms with Crippen LogP contribution in [0.5, 0.6) is 0 Å². The first-order chi connectivity index (χ1) is 8.15. The van der Waals surface area contributed by atoms with Crippen molar-refractivity contribution in [3.05, 3.63) is 11.7 Å². The Kier molecular flexibility index (Phi) is 4.09. The van der Waals surface area contributed by atoms with E-state index < -0.39 is 0 Å². The minimum atomic E-state index is -0.348. The van der Waals surface area contributed by atoms with Crippen LogP contribution in [0.2, 0.25) is 0 Å². The number of nitrogens with two attached hydrogens (primary N) is 1. The van der Waals surface area contributed by atoms with Gasteiger partial charge in [-0.2, -0.15) is 16.7 Å². The highest BCUT2D eigenvalue weighted by Gasteiger charge is 2.34. The molecule has 96 valence electrons. The first kappa shape index (κ1) is 12.9. The monoisotopic (exact) mass is 255 g/mol. The standard InChI is InChI=1S/C12H21N3OS/c1-9(8-17-2)10-14-11(15-16-10)12(13)6-4-3-5-7-12/h9H,3-8,13H2,1-2H3. The van der Waals surface area contributed by atoms with E-state index in [1.807, 2.05) is 0 Å². The molecule has 1 saturated carbocycles. The molecule has 0 spiro atoms. The molecular formula is C12H21N3OS. The fraction of sp³-hybridized carbons (Fsp3) is 0.833. The Morgan fingerprint density at radius 2 is 2.12 bits per heavy atom. The molecule has 1 aromatic heterocycles. The maximum absolute atomic E-state index is 6.38. The summed E-state index contributed by atoms with van der Waals surface area (Å²) in [6.45, 7) is 2.11. The predicted molar refractivity (Wildman–Crippen MR) is 70.0 cm³/mol. The minimum absolute atomic E-state index is 0.304. The second-order valence-electron chi connectivity index (χ2n) is 5.03. The van der Waals surface area contributed by atoms with E-state index in [1.165, 1.54) is 19.3 Å². The van der Waals surface area contributed by atoms with Crippen LogP contribution in [0, 0.1) is 0 Å². The van der Waals surface area contributed by atoms with Crippen molar-refractivity contribution in [2.24, 2.45) is 5.73 Å². The van der Waals surface area contributed by atoms with E-state index in [0.29, 0.717) is 11.7 Å². The Morgan fingerprint density at radius 1 is 1.41 bits per heavy atom. The van der Waals surface area contributed by atoms with E-state index >= 15 is 0 Å². The summed E-state index contributed by atoms with van der Waals surface area (Å²) in [5.41, 5.74) is 6.03. The van der Waals surface area contributed by atoms with Crippen molar-refractivity contribution in [3.63, 3.8) is 0 Å². The Balaban J connectivity index is 2.11. The number of rotatable bonds is 4. The van der Waals surface area contributed by atoms with Crippen molar-refractivity contribution in [1.29, 1.82) is 0 Å². The summed E-state index contributed by atoms with van der Waals surface area (Å²) in [4.78, 5) is 4.51. The lowest BCUT2D eigenvalue weighted by Gasteiger charge is -2.29. The lowest BCUT2D eigenvalue weighted by Crippen LogP contribution is -2.39. The third-order valence-corrected chi connectivity index (χ3v) is 4.30. The van der Waals surface area contributed by atoms with Crippen LogP contribution >= 0.6 is 11.8 Å². The second-order valence-corrected chi connectivity index (χ2v) is 5.94. The Morgan fingerprint density at radius 3 is 2.76 bits per heavy atom. The zero-order valence-corrected chi connectivity index (χ0v) is 11.4. The summed E-state index contributed by atoms with van der Waals surface area (Å²) in [6, 6.07) is 0. The lowest BCUT2D eigenvalue weighted by molar-refractivity contribution is 0.272.